The number of nitrogens with zero attached hydrogens (tertiary/aromatic N) is 4. The molecule has 1 aliphatic rings. The van der Waals surface area contributed by atoms with Crippen LogP contribution in [0.5, 0.6) is 0 Å². The topological polar surface area (TPSA) is 99.3 Å². The van der Waals surface area contributed by atoms with Gasteiger partial charge in [0.2, 0.25) is 10.0 Å². The predicted octanol–water partition coefficient (Wildman–Crippen LogP) is 2.90. The minimum atomic E-state index is -3.60. The van der Waals surface area contributed by atoms with Crippen molar-refractivity contribution in [3.05, 3.63) is 71.0 Å². The van der Waals surface area contributed by atoms with Crippen LogP contribution in [0.2, 0.25) is 5.02 Å². The first-order valence-electron chi connectivity index (χ1n) is 9.55. The number of sulfonamides is 1. The molecule has 31 heavy (non-hydrogen) atoms. The van der Waals surface area contributed by atoms with Gasteiger partial charge in [-0.25, -0.2) is 13.4 Å². The summed E-state index contributed by atoms with van der Waals surface area (Å²) in [6.45, 7) is 1.19. The standard InChI is InChI=1S/C20H20ClN5O3S2/c21-17-5-7-18(8-6-17)31(28,29)26-11-9-25(10-12-26)19(27)16-3-1-15(2-4-16)13-30-20-22-14-23-24-20/h1-8,14H,9-13H2,(H,22,23,24). The molecule has 0 saturated carbocycles. The Morgan fingerprint density at radius 3 is 2.32 bits per heavy atom. The van der Waals surface area contributed by atoms with Crippen molar-refractivity contribution in [1.29, 1.82) is 0 Å². The second kappa shape index (κ2) is 9.39. The van der Waals surface area contributed by atoms with Gasteiger partial charge in [-0.2, -0.15) is 9.40 Å². The van der Waals surface area contributed by atoms with Crippen LogP contribution in [0.25, 0.3) is 0 Å². The number of H-pyrrole nitrogens is 1. The van der Waals surface area contributed by atoms with Crippen LogP contribution in [0.1, 0.15) is 15.9 Å². The zero-order chi connectivity index (χ0) is 21.8. The average molecular weight is 478 g/mol. The van der Waals surface area contributed by atoms with E-state index in [-0.39, 0.29) is 23.9 Å². The van der Waals surface area contributed by atoms with Crippen LogP contribution in [0.3, 0.4) is 0 Å². The summed E-state index contributed by atoms with van der Waals surface area (Å²) in [4.78, 5) is 18.8. The number of amides is 1. The first-order valence-corrected chi connectivity index (χ1v) is 12.4. The van der Waals surface area contributed by atoms with Crippen molar-refractivity contribution in [2.75, 3.05) is 26.2 Å². The molecule has 1 aromatic heterocycles. The quantitative estimate of drug-likeness (QED) is 0.548. The maximum Gasteiger partial charge on any atom is 0.253 e. The summed E-state index contributed by atoms with van der Waals surface area (Å²) in [6.07, 6.45) is 1.46. The zero-order valence-corrected chi connectivity index (χ0v) is 18.8. The lowest BCUT2D eigenvalue weighted by molar-refractivity contribution is 0.0698. The summed E-state index contributed by atoms with van der Waals surface area (Å²) in [5, 5.41) is 7.83. The fourth-order valence-electron chi connectivity index (χ4n) is 3.23. The van der Waals surface area contributed by atoms with Crippen LogP contribution >= 0.6 is 23.4 Å². The van der Waals surface area contributed by atoms with Crippen molar-refractivity contribution in [1.82, 2.24) is 24.4 Å². The first-order chi connectivity index (χ1) is 14.9. The number of benzene rings is 2. The zero-order valence-electron chi connectivity index (χ0n) is 16.4. The van der Waals surface area contributed by atoms with Crippen molar-refractivity contribution in [3.8, 4) is 0 Å². The highest BCUT2D eigenvalue weighted by Crippen LogP contribution is 2.22. The first kappa shape index (κ1) is 21.8. The lowest BCUT2D eigenvalue weighted by Crippen LogP contribution is -2.50. The summed E-state index contributed by atoms with van der Waals surface area (Å²) in [6, 6.07) is 13.5. The number of hydrogen-bond acceptors (Lipinski definition) is 6. The molecule has 2 heterocycles. The predicted molar refractivity (Wildman–Crippen MR) is 119 cm³/mol. The molecule has 2 aromatic carbocycles. The number of thioether (sulfide) groups is 1. The van der Waals surface area contributed by atoms with E-state index >= 15 is 0 Å². The summed E-state index contributed by atoms with van der Waals surface area (Å²) >= 11 is 7.38. The SMILES string of the molecule is O=C(c1ccc(CSc2ncn[nH]2)cc1)N1CCN(S(=O)(=O)c2ccc(Cl)cc2)CC1. The molecule has 0 aliphatic carbocycles. The van der Waals surface area contributed by atoms with Gasteiger partial charge in [-0.1, -0.05) is 35.5 Å². The van der Waals surface area contributed by atoms with Crippen molar-refractivity contribution >= 4 is 39.3 Å². The number of carbonyl (C=O) groups excluding carboxylic acids is 1. The summed E-state index contributed by atoms with van der Waals surface area (Å²) in [5.41, 5.74) is 1.65. The third-order valence-electron chi connectivity index (χ3n) is 4.95. The highest BCUT2D eigenvalue weighted by atomic mass is 35.5. The minimum absolute atomic E-state index is 0.0991. The molecule has 0 bridgehead atoms. The number of rotatable bonds is 6. The number of nitrogens with one attached hydrogen (secondary N) is 1. The van der Waals surface area contributed by atoms with Gasteiger partial charge < -0.3 is 4.90 Å². The Labute approximate surface area is 189 Å². The van der Waals surface area contributed by atoms with Gasteiger partial charge in [0.05, 0.1) is 4.90 Å². The molecule has 0 spiro atoms. The van der Waals surface area contributed by atoms with Crippen LogP contribution in [-0.4, -0.2) is 64.9 Å². The van der Waals surface area contributed by atoms with E-state index in [0.29, 0.717) is 29.4 Å². The lowest BCUT2D eigenvalue weighted by atomic mass is 10.1. The fourth-order valence-corrected chi connectivity index (χ4v) is 5.51. The highest BCUT2D eigenvalue weighted by Gasteiger charge is 2.30. The maximum atomic E-state index is 12.8. The van der Waals surface area contributed by atoms with E-state index in [2.05, 4.69) is 15.2 Å². The number of aromatic amines is 1. The molecule has 1 amide bonds. The fraction of sp³-hybridized carbons (Fsp3) is 0.250. The van der Waals surface area contributed by atoms with E-state index in [1.165, 1.54) is 34.5 Å². The molecule has 3 aromatic rings. The molecule has 8 nitrogen and oxygen atoms in total. The van der Waals surface area contributed by atoms with Gasteiger partial charge >= 0.3 is 0 Å². The summed E-state index contributed by atoms with van der Waals surface area (Å²) in [7, 11) is -3.60. The Morgan fingerprint density at radius 1 is 1.03 bits per heavy atom. The van der Waals surface area contributed by atoms with E-state index in [0.717, 1.165) is 10.7 Å². The third kappa shape index (κ3) is 5.09. The second-order valence-corrected chi connectivity index (χ2v) is 10.3. The Bertz CT molecular complexity index is 1130. The smallest absolute Gasteiger partial charge is 0.253 e. The molecule has 0 radical (unpaired) electrons. The van der Waals surface area contributed by atoms with Crippen LogP contribution in [-0.2, 0) is 15.8 Å². The molecule has 0 atom stereocenters. The van der Waals surface area contributed by atoms with E-state index in [9.17, 15) is 13.2 Å². The minimum Gasteiger partial charge on any atom is -0.336 e. The number of piperazine rings is 1. The molecule has 0 unspecified atom stereocenters. The molecule has 4 rings (SSSR count). The molecular formula is C20H20ClN5O3S2. The largest absolute Gasteiger partial charge is 0.336 e. The maximum absolute atomic E-state index is 12.8. The lowest BCUT2D eigenvalue weighted by Gasteiger charge is -2.34. The monoisotopic (exact) mass is 477 g/mol. The Morgan fingerprint density at radius 2 is 1.71 bits per heavy atom. The van der Waals surface area contributed by atoms with Gasteiger partial charge in [0.25, 0.3) is 5.91 Å². The molecule has 11 heteroatoms. The Balaban J connectivity index is 1.34. The number of carbonyl (C=O) groups is 1. The Hall–Kier alpha value is -2.40. The van der Waals surface area contributed by atoms with Crippen LogP contribution < -0.4 is 0 Å². The van der Waals surface area contributed by atoms with E-state index in [1.807, 2.05) is 12.1 Å². The molecule has 1 N–H and O–H groups in total. The molecule has 162 valence electrons. The average Bonchev–Trinajstić information content (AvgIpc) is 3.32. The van der Waals surface area contributed by atoms with E-state index in [4.69, 9.17) is 11.6 Å². The molecule has 1 fully saturated rings. The number of hydrogen-bond donors (Lipinski definition) is 1. The van der Waals surface area contributed by atoms with Gasteiger partial charge in [0.1, 0.15) is 6.33 Å². The van der Waals surface area contributed by atoms with Crippen LogP contribution in [0, 0.1) is 0 Å². The highest BCUT2D eigenvalue weighted by molar-refractivity contribution is 7.98. The van der Waals surface area contributed by atoms with E-state index < -0.39 is 10.0 Å². The van der Waals surface area contributed by atoms with Gasteiger partial charge in [-0.05, 0) is 42.0 Å². The van der Waals surface area contributed by atoms with Crippen molar-refractivity contribution in [2.45, 2.75) is 15.8 Å². The van der Waals surface area contributed by atoms with Crippen molar-refractivity contribution in [2.24, 2.45) is 0 Å². The van der Waals surface area contributed by atoms with Gasteiger partial charge in [0, 0.05) is 42.5 Å². The summed E-state index contributed by atoms with van der Waals surface area (Å²) < 4.78 is 27.0. The van der Waals surface area contributed by atoms with Gasteiger partial charge in [-0.15, -0.1) is 0 Å². The van der Waals surface area contributed by atoms with E-state index in [1.54, 1.807) is 29.2 Å². The molecule has 1 saturated heterocycles. The van der Waals surface area contributed by atoms with Gasteiger partial charge in [-0.3, -0.25) is 9.89 Å². The summed E-state index contributed by atoms with van der Waals surface area (Å²) in [5.74, 6) is 0.614. The number of aromatic nitrogens is 3. The van der Waals surface area contributed by atoms with Crippen molar-refractivity contribution < 1.29 is 13.2 Å². The van der Waals surface area contributed by atoms with Crippen LogP contribution in [0.15, 0.2) is 64.9 Å². The van der Waals surface area contributed by atoms with Crippen LogP contribution in [0.4, 0.5) is 0 Å². The normalized spacial score (nSPS) is 15.2. The second-order valence-electron chi connectivity index (χ2n) is 6.93. The van der Waals surface area contributed by atoms with Gasteiger partial charge in [0.15, 0.2) is 5.16 Å². The Kier molecular flexibility index (Phi) is 6.61. The van der Waals surface area contributed by atoms with Crippen molar-refractivity contribution in [3.63, 3.8) is 0 Å². The molecular weight excluding hydrogens is 458 g/mol. The number of halogens is 1. The molecule has 1 aliphatic heterocycles. The third-order valence-corrected chi connectivity index (χ3v) is 8.06.